The second-order valence-electron chi connectivity index (χ2n) is 11.0. The Bertz CT molecular complexity index is 1280. The third-order valence-electron chi connectivity index (χ3n) is 8.13. The summed E-state index contributed by atoms with van der Waals surface area (Å²) in [5.74, 6) is 0.943. The van der Waals surface area contributed by atoms with Crippen molar-refractivity contribution in [1.29, 1.82) is 0 Å². The lowest BCUT2D eigenvalue weighted by Gasteiger charge is -2.38. The van der Waals surface area contributed by atoms with E-state index in [2.05, 4.69) is 70.1 Å². The Labute approximate surface area is 214 Å². The molecule has 7 nitrogen and oxygen atoms in total. The molecule has 6 rings (SSSR count). The Morgan fingerprint density at radius 2 is 1.86 bits per heavy atom. The lowest BCUT2D eigenvalue weighted by atomic mass is 9.93. The van der Waals surface area contributed by atoms with Crippen LogP contribution in [-0.4, -0.2) is 68.8 Å². The van der Waals surface area contributed by atoms with E-state index in [9.17, 15) is 5.11 Å². The number of hydrogen-bond donors (Lipinski definition) is 1. The van der Waals surface area contributed by atoms with E-state index in [1.54, 1.807) is 0 Å². The molecule has 0 radical (unpaired) electrons. The third kappa shape index (κ3) is 4.39. The number of hydrogen-bond acceptors (Lipinski definition) is 6. The standard InChI is InChI=1S/C29H38N6O/c1-20-10-11-22-8-4-6-12-32(3)17-23-15-28(33-18-24(36)19-33)30-29-16-26(31-35(23)29)27-9-5-7-13-34(27)21(2)25(22)14-20/h10-11,14-16,24,27,36H,2,4-9,12-13,17-19H2,1,3H3. The predicted molar refractivity (Wildman–Crippen MR) is 144 cm³/mol. The van der Waals surface area contributed by atoms with Gasteiger partial charge in [-0.05, 0) is 70.7 Å². The van der Waals surface area contributed by atoms with Gasteiger partial charge in [-0.2, -0.15) is 5.10 Å². The van der Waals surface area contributed by atoms with Gasteiger partial charge in [-0.1, -0.05) is 24.3 Å². The number of rotatable bonds is 1. The van der Waals surface area contributed by atoms with Gasteiger partial charge in [0.2, 0.25) is 0 Å². The molecule has 1 atom stereocenters. The Kier molecular flexibility index (Phi) is 6.21. The van der Waals surface area contributed by atoms with Gasteiger partial charge in [0.05, 0.1) is 23.5 Å². The smallest absolute Gasteiger partial charge is 0.158 e. The molecule has 0 amide bonds. The van der Waals surface area contributed by atoms with E-state index in [4.69, 9.17) is 10.1 Å². The monoisotopic (exact) mass is 486 g/mol. The van der Waals surface area contributed by atoms with Gasteiger partial charge >= 0.3 is 0 Å². The highest BCUT2D eigenvalue weighted by atomic mass is 16.3. The van der Waals surface area contributed by atoms with Crippen LogP contribution in [-0.2, 0) is 13.0 Å². The molecule has 0 saturated carbocycles. The number of β-amino-alcohol motifs (C(OH)–C–C–N with tert-alkyl or cyclic N) is 1. The average Bonchev–Trinajstić information content (AvgIpc) is 3.29. The topological polar surface area (TPSA) is 60.1 Å². The first-order valence-corrected chi connectivity index (χ1v) is 13.5. The number of aliphatic hydroxyl groups is 1. The molecule has 3 aliphatic heterocycles. The molecule has 36 heavy (non-hydrogen) atoms. The van der Waals surface area contributed by atoms with E-state index in [0.29, 0.717) is 13.1 Å². The van der Waals surface area contributed by atoms with Gasteiger partial charge in [0.25, 0.3) is 0 Å². The summed E-state index contributed by atoms with van der Waals surface area (Å²) in [6.07, 6.45) is 6.58. The summed E-state index contributed by atoms with van der Waals surface area (Å²) in [6, 6.07) is 11.4. The molecule has 2 saturated heterocycles. The number of aliphatic hydroxyl groups excluding tert-OH is 1. The SMILES string of the molecule is C=C1c2cc(C)ccc2CCCCN(C)Cc2cc(N3CC(O)C3)nc3cc(nn23)C2CCCCN12. The first-order chi connectivity index (χ1) is 17.5. The molecule has 0 aliphatic carbocycles. The predicted octanol–water partition coefficient (Wildman–Crippen LogP) is 4.18. The molecule has 3 aliphatic rings. The fraction of sp³-hybridized carbons (Fsp3) is 0.517. The minimum Gasteiger partial charge on any atom is -0.389 e. The van der Waals surface area contributed by atoms with Crippen LogP contribution in [0.1, 0.15) is 66.2 Å². The normalized spacial score (nSPS) is 22.2. The van der Waals surface area contributed by atoms with E-state index in [0.717, 1.165) is 73.9 Å². The van der Waals surface area contributed by atoms with Crippen LogP contribution in [0.25, 0.3) is 11.3 Å². The van der Waals surface area contributed by atoms with Crippen LogP contribution in [0.2, 0.25) is 0 Å². The molecule has 2 bridgehead atoms. The number of aryl methyl sites for hydroxylation is 2. The molecule has 190 valence electrons. The number of anilines is 1. The lowest BCUT2D eigenvalue weighted by Crippen LogP contribution is -2.51. The maximum absolute atomic E-state index is 9.87. The number of benzene rings is 1. The molecule has 2 fully saturated rings. The van der Waals surface area contributed by atoms with Gasteiger partial charge in [0.15, 0.2) is 5.65 Å². The van der Waals surface area contributed by atoms with Crippen molar-refractivity contribution in [2.45, 2.75) is 64.1 Å². The molecule has 1 unspecified atom stereocenters. The van der Waals surface area contributed by atoms with Gasteiger partial charge in [-0.25, -0.2) is 9.50 Å². The molecule has 0 spiro atoms. The van der Waals surface area contributed by atoms with Crippen LogP contribution < -0.4 is 4.90 Å². The van der Waals surface area contributed by atoms with Gasteiger partial charge in [0, 0.05) is 49.6 Å². The summed E-state index contributed by atoms with van der Waals surface area (Å²) in [7, 11) is 2.20. The van der Waals surface area contributed by atoms with Crippen molar-refractivity contribution in [3.63, 3.8) is 0 Å². The summed E-state index contributed by atoms with van der Waals surface area (Å²) in [6.45, 7) is 11.0. The molecular formula is C29H38N6O. The van der Waals surface area contributed by atoms with E-state index in [1.165, 1.54) is 29.5 Å². The molecule has 1 N–H and O–H groups in total. The zero-order chi connectivity index (χ0) is 24.8. The van der Waals surface area contributed by atoms with Crippen LogP contribution >= 0.6 is 0 Å². The summed E-state index contributed by atoms with van der Waals surface area (Å²) < 4.78 is 2.05. The summed E-state index contributed by atoms with van der Waals surface area (Å²) in [5, 5.41) is 15.0. The second kappa shape index (κ2) is 9.52. The van der Waals surface area contributed by atoms with Gasteiger partial charge in [-0.15, -0.1) is 0 Å². The van der Waals surface area contributed by atoms with Crippen molar-refractivity contribution in [2.24, 2.45) is 0 Å². The average molecular weight is 487 g/mol. The Hall–Kier alpha value is -2.90. The molecule has 1 aromatic carbocycles. The molecular weight excluding hydrogens is 448 g/mol. The van der Waals surface area contributed by atoms with Crippen LogP contribution in [0, 0.1) is 6.92 Å². The minimum atomic E-state index is -0.256. The first-order valence-electron chi connectivity index (χ1n) is 13.5. The largest absolute Gasteiger partial charge is 0.389 e. The van der Waals surface area contributed by atoms with E-state index < -0.39 is 0 Å². The number of nitrogens with zero attached hydrogens (tertiary/aromatic N) is 6. The van der Waals surface area contributed by atoms with Crippen LogP contribution in [0.5, 0.6) is 0 Å². The Morgan fingerprint density at radius 3 is 2.69 bits per heavy atom. The fourth-order valence-electron chi connectivity index (χ4n) is 6.07. The summed E-state index contributed by atoms with van der Waals surface area (Å²) in [5.41, 5.74) is 8.25. The molecule has 5 heterocycles. The molecule has 3 aromatic rings. The summed E-state index contributed by atoms with van der Waals surface area (Å²) in [4.78, 5) is 12.0. The maximum atomic E-state index is 9.87. The highest BCUT2D eigenvalue weighted by molar-refractivity contribution is 5.66. The van der Waals surface area contributed by atoms with Crippen molar-refractivity contribution in [1.82, 2.24) is 24.4 Å². The zero-order valence-corrected chi connectivity index (χ0v) is 21.7. The van der Waals surface area contributed by atoms with Crippen LogP contribution in [0.15, 0.2) is 36.9 Å². The van der Waals surface area contributed by atoms with Crippen molar-refractivity contribution < 1.29 is 5.11 Å². The zero-order valence-electron chi connectivity index (χ0n) is 21.7. The van der Waals surface area contributed by atoms with Crippen molar-refractivity contribution >= 4 is 17.2 Å². The second-order valence-corrected chi connectivity index (χ2v) is 11.0. The van der Waals surface area contributed by atoms with Crippen molar-refractivity contribution in [2.75, 3.05) is 38.1 Å². The van der Waals surface area contributed by atoms with Gasteiger partial charge in [-0.3, -0.25) is 0 Å². The Balaban J connectivity index is 1.45. The van der Waals surface area contributed by atoms with Gasteiger partial charge in [0.1, 0.15) is 5.82 Å². The van der Waals surface area contributed by atoms with Gasteiger partial charge < -0.3 is 19.8 Å². The number of fused-ring (bicyclic) bond motifs is 4. The highest BCUT2D eigenvalue weighted by Gasteiger charge is 2.30. The van der Waals surface area contributed by atoms with Crippen molar-refractivity contribution in [3.8, 4) is 0 Å². The minimum absolute atomic E-state index is 0.200. The maximum Gasteiger partial charge on any atom is 0.158 e. The number of piperidine rings is 1. The van der Waals surface area contributed by atoms with E-state index in [-0.39, 0.29) is 12.1 Å². The highest BCUT2D eigenvalue weighted by Crippen LogP contribution is 2.38. The molecule has 7 heteroatoms. The van der Waals surface area contributed by atoms with E-state index >= 15 is 0 Å². The lowest BCUT2D eigenvalue weighted by molar-refractivity contribution is 0.141. The fourth-order valence-corrected chi connectivity index (χ4v) is 6.07. The van der Waals surface area contributed by atoms with Crippen molar-refractivity contribution in [3.05, 3.63) is 65.0 Å². The quantitative estimate of drug-likeness (QED) is 0.557. The first kappa shape index (κ1) is 23.5. The number of aromatic nitrogens is 3. The molecule has 2 aromatic heterocycles. The van der Waals surface area contributed by atoms with Crippen LogP contribution in [0.4, 0.5) is 5.82 Å². The Morgan fingerprint density at radius 1 is 1.03 bits per heavy atom. The summed E-state index contributed by atoms with van der Waals surface area (Å²) >= 11 is 0. The third-order valence-corrected chi connectivity index (χ3v) is 8.13. The van der Waals surface area contributed by atoms with E-state index in [1.807, 2.05) is 0 Å². The van der Waals surface area contributed by atoms with Crippen LogP contribution in [0.3, 0.4) is 0 Å².